The first-order chi connectivity index (χ1) is 11.9. The van der Waals surface area contributed by atoms with E-state index >= 15 is 0 Å². The standard InChI is InChI=1S/C19H22ClN3O2/c1-14-7-9-16(10-8-14)22-19(25)13-23(2)12-18(24)21-11-15-5-3-4-6-17(15)20/h3-10H,11-13H2,1-2H3,(H,21,24)(H,22,25). The van der Waals surface area contributed by atoms with Crippen LogP contribution in [0, 0.1) is 6.92 Å². The monoisotopic (exact) mass is 359 g/mol. The summed E-state index contributed by atoms with van der Waals surface area (Å²) in [6, 6.07) is 14.9. The van der Waals surface area contributed by atoms with Crippen LogP contribution in [-0.4, -0.2) is 36.9 Å². The number of benzene rings is 2. The molecule has 0 radical (unpaired) electrons. The van der Waals surface area contributed by atoms with Crippen LogP contribution in [-0.2, 0) is 16.1 Å². The molecule has 25 heavy (non-hydrogen) atoms. The van der Waals surface area contributed by atoms with Crippen molar-refractivity contribution in [2.24, 2.45) is 0 Å². The van der Waals surface area contributed by atoms with Gasteiger partial charge in [0.2, 0.25) is 11.8 Å². The van der Waals surface area contributed by atoms with Gasteiger partial charge in [-0.05, 0) is 37.7 Å². The molecule has 0 aliphatic heterocycles. The van der Waals surface area contributed by atoms with Gasteiger partial charge in [-0.15, -0.1) is 0 Å². The predicted octanol–water partition coefficient (Wildman–Crippen LogP) is 2.84. The molecule has 0 saturated heterocycles. The summed E-state index contributed by atoms with van der Waals surface area (Å²) in [5.41, 5.74) is 2.73. The van der Waals surface area contributed by atoms with Gasteiger partial charge < -0.3 is 10.6 Å². The number of amides is 2. The van der Waals surface area contributed by atoms with E-state index in [1.807, 2.05) is 49.4 Å². The third kappa shape index (κ3) is 6.57. The van der Waals surface area contributed by atoms with Crippen LogP contribution in [0.5, 0.6) is 0 Å². The molecule has 2 amide bonds. The number of halogens is 1. The maximum Gasteiger partial charge on any atom is 0.238 e. The van der Waals surface area contributed by atoms with Gasteiger partial charge in [0.05, 0.1) is 13.1 Å². The second-order valence-corrected chi connectivity index (χ2v) is 6.36. The van der Waals surface area contributed by atoms with Gasteiger partial charge in [-0.2, -0.15) is 0 Å². The highest BCUT2D eigenvalue weighted by Crippen LogP contribution is 2.14. The number of carbonyl (C=O) groups excluding carboxylic acids is 2. The third-order valence-corrected chi connectivity index (χ3v) is 3.96. The van der Waals surface area contributed by atoms with E-state index in [0.717, 1.165) is 16.8 Å². The zero-order valence-electron chi connectivity index (χ0n) is 14.4. The van der Waals surface area contributed by atoms with Gasteiger partial charge >= 0.3 is 0 Å². The van der Waals surface area contributed by atoms with Crippen LogP contribution in [0.25, 0.3) is 0 Å². The number of nitrogens with one attached hydrogen (secondary N) is 2. The van der Waals surface area contributed by atoms with Crippen LogP contribution >= 0.6 is 11.6 Å². The number of nitrogens with zero attached hydrogens (tertiary/aromatic N) is 1. The van der Waals surface area contributed by atoms with Crippen molar-refractivity contribution in [2.75, 3.05) is 25.5 Å². The van der Waals surface area contributed by atoms with Crippen LogP contribution in [0.3, 0.4) is 0 Å². The lowest BCUT2D eigenvalue weighted by atomic mass is 10.2. The Hall–Kier alpha value is -2.37. The average Bonchev–Trinajstić information content (AvgIpc) is 2.56. The van der Waals surface area contributed by atoms with E-state index in [4.69, 9.17) is 11.6 Å². The number of carbonyl (C=O) groups is 2. The molecule has 6 heteroatoms. The number of aryl methyl sites for hydroxylation is 1. The Labute approximate surface area is 153 Å². The van der Waals surface area contributed by atoms with Gasteiger partial charge in [-0.1, -0.05) is 47.5 Å². The van der Waals surface area contributed by atoms with Crippen molar-refractivity contribution in [1.29, 1.82) is 0 Å². The molecular formula is C19H22ClN3O2. The summed E-state index contributed by atoms with van der Waals surface area (Å²) in [6.07, 6.45) is 0. The molecule has 2 N–H and O–H groups in total. The van der Waals surface area contributed by atoms with E-state index in [1.54, 1.807) is 18.0 Å². The first-order valence-electron chi connectivity index (χ1n) is 7.99. The summed E-state index contributed by atoms with van der Waals surface area (Å²) in [4.78, 5) is 25.7. The van der Waals surface area contributed by atoms with E-state index in [2.05, 4.69) is 10.6 Å². The zero-order chi connectivity index (χ0) is 18.2. The molecule has 0 unspecified atom stereocenters. The Morgan fingerprint density at radius 1 is 1.00 bits per heavy atom. The summed E-state index contributed by atoms with van der Waals surface area (Å²) < 4.78 is 0. The maximum absolute atomic E-state index is 12.0. The lowest BCUT2D eigenvalue weighted by molar-refractivity contribution is -0.123. The van der Waals surface area contributed by atoms with Crippen LogP contribution in [0.1, 0.15) is 11.1 Å². The SMILES string of the molecule is Cc1ccc(NC(=O)CN(C)CC(=O)NCc2ccccc2Cl)cc1. The summed E-state index contributed by atoms with van der Waals surface area (Å²) >= 11 is 6.05. The van der Waals surface area contributed by atoms with Gasteiger partial charge in [-0.3, -0.25) is 14.5 Å². The highest BCUT2D eigenvalue weighted by atomic mass is 35.5. The summed E-state index contributed by atoms with van der Waals surface area (Å²) in [5, 5.41) is 6.23. The maximum atomic E-state index is 12.0. The Balaban J connectivity index is 1.74. The number of anilines is 1. The number of rotatable bonds is 7. The predicted molar refractivity (Wildman–Crippen MR) is 101 cm³/mol. The first kappa shape index (κ1) is 19.0. The van der Waals surface area contributed by atoms with Crippen molar-refractivity contribution in [3.05, 3.63) is 64.7 Å². The molecule has 132 valence electrons. The van der Waals surface area contributed by atoms with Crippen molar-refractivity contribution < 1.29 is 9.59 Å². The van der Waals surface area contributed by atoms with E-state index in [1.165, 1.54) is 0 Å². The first-order valence-corrected chi connectivity index (χ1v) is 8.37. The van der Waals surface area contributed by atoms with Crippen LogP contribution in [0.15, 0.2) is 48.5 Å². The highest BCUT2D eigenvalue weighted by Gasteiger charge is 2.11. The minimum atomic E-state index is -0.162. The van der Waals surface area contributed by atoms with E-state index < -0.39 is 0 Å². The molecule has 0 aliphatic rings. The number of hydrogen-bond acceptors (Lipinski definition) is 3. The highest BCUT2D eigenvalue weighted by molar-refractivity contribution is 6.31. The van der Waals surface area contributed by atoms with Gasteiger partial charge in [-0.25, -0.2) is 0 Å². The number of likely N-dealkylation sites (N-methyl/N-ethyl adjacent to an activating group) is 1. The van der Waals surface area contributed by atoms with Gasteiger partial charge in [0.1, 0.15) is 0 Å². The quantitative estimate of drug-likeness (QED) is 0.799. The van der Waals surface area contributed by atoms with E-state index in [-0.39, 0.29) is 24.9 Å². The summed E-state index contributed by atoms with van der Waals surface area (Å²) in [6.45, 7) is 2.61. The Morgan fingerprint density at radius 3 is 2.32 bits per heavy atom. The van der Waals surface area contributed by atoms with Gasteiger partial charge in [0, 0.05) is 17.3 Å². The molecule has 0 fully saturated rings. The van der Waals surface area contributed by atoms with Gasteiger partial charge in [0.25, 0.3) is 0 Å². The second kappa shape index (κ2) is 9.20. The van der Waals surface area contributed by atoms with Crippen LogP contribution in [0.2, 0.25) is 5.02 Å². The fraction of sp³-hybridized carbons (Fsp3) is 0.263. The molecule has 0 aromatic heterocycles. The molecule has 0 heterocycles. The summed E-state index contributed by atoms with van der Waals surface area (Å²) in [7, 11) is 1.73. The zero-order valence-corrected chi connectivity index (χ0v) is 15.1. The summed E-state index contributed by atoms with van der Waals surface area (Å²) in [5.74, 6) is -0.323. The van der Waals surface area contributed by atoms with Crippen LogP contribution in [0.4, 0.5) is 5.69 Å². The minimum absolute atomic E-state index is 0.131. The van der Waals surface area contributed by atoms with Crippen molar-refractivity contribution >= 4 is 29.1 Å². The van der Waals surface area contributed by atoms with Crippen molar-refractivity contribution in [3.8, 4) is 0 Å². The van der Waals surface area contributed by atoms with Crippen molar-refractivity contribution in [1.82, 2.24) is 10.2 Å². The van der Waals surface area contributed by atoms with Crippen LogP contribution < -0.4 is 10.6 Å². The normalized spacial score (nSPS) is 10.6. The fourth-order valence-corrected chi connectivity index (χ4v) is 2.48. The topological polar surface area (TPSA) is 61.4 Å². The van der Waals surface area contributed by atoms with E-state index in [9.17, 15) is 9.59 Å². The molecule has 2 rings (SSSR count). The molecule has 0 saturated carbocycles. The fourth-order valence-electron chi connectivity index (χ4n) is 2.28. The third-order valence-electron chi connectivity index (χ3n) is 3.60. The molecule has 2 aromatic carbocycles. The minimum Gasteiger partial charge on any atom is -0.351 e. The lowest BCUT2D eigenvalue weighted by Gasteiger charge is -2.16. The van der Waals surface area contributed by atoms with Crippen molar-refractivity contribution in [3.63, 3.8) is 0 Å². The molecule has 5 nitrogen and oxygen atoms in total. The largest absolute Gasteiger partial charge is 0.351 e. The molecule has 0 bridgehead atoms. The Kier molecular flexibility index (Phi) is 6.98. The lowest BCUT2D eigenvalue weighted by Crippen LogP contribution is -2.38. The van der Waals surface area contributed by atoms with E-state index in [0.29, 0.717) is 11.6 Å². The molecule has 0 aliphatic carbocycles. The molecule has 0 spiro atoms. The van der Waals surface area contributed by atoms with Gasteiger partial charge in [0.15, 0.2) is 0 Å². The average molecular weight is 360 g/mol. The smallest absolute Gasteiger partial charge is 0.238 e. The Morgan fingerprint density at radius 2 is 1.64 bits per heavy atom. The number of hydrogen-bond donors (Lipinski definition) is 2. The molecule has 0 atom stereocenters. The molecule has 2 aromatic rings. The second-order valence-electron chi connectivity index (χ2n) is 5.95. The van der Waals surface area contributed by atoms with Crippen molar-refractivity contribution in [2.45, 2.75) is 13.5 Å². The Bertz CT molecular complexity index is 732. The molecular weight excluding hydrogens is 338 g/mol.